The Bertz CT molecular complexity index is 1660. The van der Waals surface area contributed by atoms with Crippen LogP contribution in [0.5, 0.6) is 11.5 Å². The van der Waals surface area contributed by atoms with Crippen LogP contribution in [0.4, 0.5) is 5.69 Å². The average Bonchev–Trinajstić information content (AvgIpc) is 3.46. The third-order valence-electron chi connectivity index (χ3n) is 5.97. The van der Waals surface area contributed by atoms with Crippen molar-refractivity contribution in [1.29, 1.82) is 0 Å². The van der Waals surface area contributed by atoms with Gasteiger partial charge in [-0.25, -0.2) is 0 Å². The molecule has 0 saturated heterocycles. The first kappa shape index (κ1) is 28.3. The van der Waals surface area contributed by atoms with Gasteiger partial charge in [-0.3, -0.25) is 14.4 Å². The van der Waals surface area contributed by atoms with Crippen LogP contribution in [0.15, 0.2) is 102 Å². The Labute approximate surface area is 250 Å². The second kappa shape index (κ2) is 13.0. The molecule has 2 amide bonds. The molecule has 1 heterocycles. The number of rotatable bonds is 9. The molecule has 41 heavy (non-hydrogen) atoms. The summed E-state index contributed by atoms with van der Waals surface area (Å²) in [6.45, 7) is 0.138. The highest BCUT2D eigenvalue weighted by Crippen LogP contribution is 2.33. The molecule has 0 aromatic heterocycles. The molecular weight excluding hydrogens is 583 g/mol. The Morgan fingerprint density at radius 1 is 0.829 bits per heavy atom. The highest BCUT2D eigenvalue weighted by atomic mass is 35.5. The van der Waals surface area contributed by atoms with Crippen molar-refractivity contribution in [3.63, 3.8) is 0 Å². The van der Waals surface area contributed by atoms with Crippen LogP contribution in [0.25, 0.3) is 6.08 Å². The molecule has 4 aromatic carbocycles. The second-order valence-electron chi connectivity index (χ2n) is 8.78. The number of carbonyl (C=O) groups is 3. The summed E-state index contributed by atoms with van der Waals surface area (Å²) in [4.78, 5) is 39.8. The Hall–Kier alpha value is -4.24. The smallest absolute Gasteiger partial charge is 0.272 e. The minimum absolute atomic E-state index is 0.0286. The molecule has 0 spiro atoms. The lowest BCUT2D eigenvalue weighted by atomic mass is 10.1. The number of carbonyl (C=O) groups excluding carboxylic acids is 3. The van der Waals surface area contributed by atoms with E-state index >= 15 is 0 Å². The van der Waals surface area contributed by atoms with Crippen molar-refractivity contribution in [2.24, 2.45) is 0 Å². The monoisotopic (exact) mass is 604 g/mol. The van der Waals surface area contributed by atoms with Gasteiger partial charge in [0.2, 0.25) is 6.79 Å². The lowest BCUT2D eigenvalue weighted by Gasteiger charge is -2.13. The molecule has 5 rings (SSSR count). The summed E-state index contributed by atoms with van der Waals surface area (Å²) in [6, 6.07) is 25.7. The second-order valence-corrected chi connectivity index (χ2v) is 10.6. The summed E-state index contributed by atoms with van der Waals surface area (Å²) >= 11 is 13.8. The summed E-state index contributed by atoms with van der Waals surface area (Å²) in [6.07, 6.45) is 1.47. The normalized spacial score (nSPS) is 12.1. The van der Waals surface area contributed by atoms with E-state index in [1.54, 1.807) is 84.9 Å². The lowest BCUT2D eigenvalue weighted by Crippen LogP contribution is -2.30. The molecule has 0 bridgehead atoms. The van der Waals surface area contributed by atoms with E-state index in [0.29, 0.717) is 38.9 Å². The fourth-order valence-electron chi connectivity index (χ4n) is 3.89. The van der Waals surface area contributed by atoms with Crippen LogP contribution in [0, 0.1) is 0 Å². The quantitative estimate of drug-likeness (QED) is 0.120. The van der Waals surface area contributed by atoms with Crippen LogP contribution in [0.2, 0.25) is 10.0 Å². The van der Waals surface area contributed by atoms with E-state index in [-0.39, 0.29) is 29.0 Å². The molecule has 0 radical (unpaired) electrons. The van der Waals surface area contributed by atoms with Crippen molar-refractivity contribution in [2.75, 3.05) is 17.9 Å². The zero-order valence-electron chi connectivity index (χ0n) is 21.4. The van der Waals surface area contributed by atoms with E-state index in [4.69, 9.17) is 32.7 Å². The van der Waals surface area contributed by atoms with Gasteiger partial charge in [-0.1, -0.05) is 59.6 Å². The zero-order valence-corrected chi connectivity index (χ0v) is 23.7. The minimum Gasteiger partial charge on any atom is -0.454 e. The fourth-order valence-corrected chi connectivity index (χ4v) is 5.11. The Balaban J connectivity index is 1.31. The van der Waals surface area contributed by atoms with E-state index in [2.05, 4.69) is 10.6 Å². The first-order valence-electron chi connectivity index (χ1n) is 12.4. The number of anilines is 1. The molecule has 0 fully saturated rings. The van der Waals surface area contributed by atoms with Gasteiger partial charge < -0.3 is 20.1 Å². The number of Topliss-reactive ketones (excluding diaryl/α,β-unsaturated/α-hetero) is 1. The molecule has 0 aliphatic carbocycles. The number of hydrogen-bond donors (Lipinski definition) is 2. The number of ketones is 1. The van der Waals surface area contributed by atoms with Crippen molar-refractivity contribution in [3.8, 4) is 11.5 Å². The maximum atomic E-state index is 13.4. The number of halogens is 2. The van der Waals surface area contributed by atoms with Crippen molar-refractivity contribution >= 4 is 64.3 Å². The van der Waals surface area contributed by atoms with Crippen LogP contribution >= 0.6 is 35.0 Å². The summed E-state index contributed by atoms with van der Waals surface area (Å²) in [5.74, 6) is 0.245. The van der Waals surface area contributed by atoms with Crippen LogP contribution in [-0.4, -0.2) is 30.1 Å². The molecule has 0 atom stereocenters. The molecule has 0 unspecified atom stereocenters. The lowest BCUT2D eigenvalue weighted by molar-refractivity contribution is -0.113. The van der Waals surface area contributed by atoms with Gasteiger partial charge in [0, 0.05) is 21.7 Å². The number of fused-ring (bicyclic) bond motifs is 1. The topological polar surface area (TPSA) is 93.7 Å². The van der Waals surface area contributed by atoms with Gasteiger partial charge >= 0.3 is 0 Å². The van der Waals surface area contributed by atoms with Gasteiger partial charge in [0.15, 0.2) is 17.3 Å². The number of nitrogens with one attached hydrogen (secondary N) is 2. The molecular formula is C31H22Cl2N2O5S. The third-order valence-corrected chi connectivity index (χ3v) is 7.79. The summed E-state index contributed by atoms with van der Waals surface area (Å²) in [5.41, 5.74) is 1.82. The first-order chi connectivity index (χ1) is 19.9. The highest BCUT2D eigenvalue weighted by Gasteiger charge is 2.18. The van der Waals surface area contributed by atoms with E-state index in [0.717, 1.165) is 4.90 Å². The minimum atomic E-state index is -0.566. The van der Waals surface area contributed by atoms with Gasteiger partial charge in [-0.15, -0.1) is 11.8 Å². The molecule has 1 aliphatic heterocycles. The Morgan fingerprint density at radius 2 is 1.61 bits per heavy atom. The van der Waals surface area contributed by atoms with Gasteiger partial charge in [-0.2, -0.15) is 0 Å². The maximum absolute atomic E-state index is 13.4. The number of benzene rings is 4. The van der Waals surface area contributed by atoms with Gasteiger partial charge in [0.05, 0.1) is 15.8 Å². The molecule has 1 aliphatic rings. The van der Waals surface area contributed by atoms with E-state index in [1.165, 1.54) is 17.8 Å². The summed E-state index contributed by atoms with van der Waals surface area (Å²) < 4.78 is 10.7. The largest absolute Gasteiger partial charge is 0.454 e. The van der Waals surface area contributed by atoms with Gasteiger partial charge in [0.1, 0.15) is 5.70 Å². The van der Waals surface area contributed by atoms with Crippen LogP contribution in [0.1, 0.15) is 26.3 Å². The summed E-state index contributed by atoms with van der Waals surface area (Å²) in [5, 5.41) is 6.06. The van der Waals surface area contributed by atoms with Crippen LogP contribution in [0.3, 0.4) is 0 Å². The average molecular weight is 605 g/mol. The van der Waals surface area contributed by atoms with E-state index < -0.39 is 11.8 Å². The van der Waals surface area contributed by atoms with Crippen molar-refractivity contribution < 1.29 is 23.9 Å². The number of hydrogen-bond acceptors (Lipinski definition) is 6. The molecule has 7 nitrogen and oxygen atoms in total. The number of thioether (sulfide) groups is 1. The number of amides is 2. The SMILES string of the molecule is O=C(Nc1cccc(SCC(=O)c2ccc3c(c2)OCO3)c1)/C(=C/c1cccc(Cl)c1Cl)NC(=O)c1ccccc1. The predicted octanol–water partition coefficient (Wildman–Crippen LogP) is 7.11. The molecule has 0 saturated carbocycles. The number of ether oxygens (including phenoxy) is 2. The molecule has 206 valence electrons. The zero-order chi connectivity index (χ0) is 28.8. The standard InChI is InChI=1S/C31H22Cl2N2O5S/c32-24-11-4-8-21(29(24)33)14-25(35-30(37)19-6-2-1-3-7-19)31(38)34-22-9-5-10-23(16-22)41-17-26(36)20-12-13-27-28(15-20)40-18-39-27/h1-16H,17-18H2,(H,34,38)(H,35,37)/b25-14-. The first-order valence-corrected chi connectivity index (χ1v) is 14.1. The Morgan fingerprint density at radius 3 is 2.44 bits per heavy atom. The van der Waals surface area contributed by atoms with E-state index in [9.17, 15) is 14.4 Å². The van der Waals surface area contributed by atoms with Crippen molar-refractivity contribution in [1.82, 2.24) is 5.32 Å². The Kier molecular flexibility index (Phi) is 8.94. The maximum Gasteiger partial charge on any atom is 0.272 e. The van der Waals surface area contributed by atoms with Crippen molar-refractivity contribution in [3.05, 3.63) is 123 Å². The summed E-state index contributed by atoms with van der Waals surface area (Å²) in [7, 11) is 0. The fraction of sp³-hybridized carbons (Fsp3) is 0.0645. The van der Waals surface area contributed by atoms with Crippen LogP contribution < -0.4 is 20.1 Å². The third kappa shape index (κ3) is 7.10. The van der Waals surface area contributed by atoms with Crippen molar-refractivity contribution in [2.45, 2.75) is 4.90 Å². The predicted molar refractivity (Wildman–Crippen MR) is 161 cm³/mol. The van der Waals surface area contributed by atoms with Gasteiger partial charge in [0.25, 0.3) is 11.8 Å². The van der Waals surface area contributed by atoms with Crippen LogP contribution in [-0.2, 0) is 4.79 Å². The molecule has 10 heteroatoms. The highest BCUT2D eigenvalue weighted by molar-refractivity contribution is 8.00. The molecule has 4 aromatic rings. The van der Waals surface area contributed by atoms with E-state index in [1.807, 2.05) is 6.07 Å². The molecule has 2 N–H and O–H groups in total. The van der Waals surface area contributed by atoms with Gasteiger partial charge in [-0.05, 0) is 66.2 Å².